The van der Waals surface area contributed by atoms with Crippen LogP contribution in [0.5, 0.6) is 0 Å². The van der Waals surface area contributed by atoms with Gasteiger partial charge in [-0.25, -0.2) is 0 Å². The van der Waals surface area contributed by atoms with Crippen LogP contribution in [0.25, 0.3) is 0 Å². The zero-order valence-corrected chi connectivity index (χ0v) is 21.7. The number of methoxy groups -OCH3 is 1. The number of unbranched alkanes of at least 4 members (excludes halogenated alkanes) is 2. The molecule has 0 radical (unpaired) electrons. The number of hydrogen-bond donors (Lipinski definition) is 0. The summed E-state index contributed by atoms with van der Waals surface area (Å²) in [5, 5.41) is 0. The Labute approximate surface area is 205 Å². The lowest BCUT2D eigenvalue weighted by Gasteiger charge is -2.47. The molecule has 0 saturated carbocycles. The van der Waals surface area contributed by atoms with Crippen LogP contribution in [0.1, 0.15) is 52.4 Å². The molecule has 2 heterocycles. The highest BCUT2D eigenvalue weighted by Crippen LogP contribution is 2.30. The fourth-order valence-electron chi connectivity index (χ4n) is 4.58. The number of morpholine rings is 1. The smallest absolute Gasteiger partial charge is 0.316 e. The minimum Gasteiger partial charge on any atom is -0.463 e. The van der Waals surface area contributed by atoms with E-state index in [1.807, 2.05) is 4.90 Å². The van der Waals surface area contributed by atoms with E-state index in [1.54, 1.807) is 6.92 Å². The van der Waals surface area contributed by atoms with Gasteiger partial charge in [0.25, 0.3) is 0 Å². The van der Waals surface area contributed by atoms with Crippen LogP contribution in [-0.2, 0) is 28.6 Å². The number of carbonyl (C=O) groups is 3. The Morgan fingerprint density at radius 1 is 1.09 bits per heavy atom. The van der Waals surface area contributed by atoms with Crippen molar-refractivity contribution in [1.29, 1.82) is 0 Å². The first kappa shape index (κ1) is 28.7. The molecule has 2 aliphatic heterocycles. The fourth-order valence-corrected chi connectivity index (χ4v) is 4.58. The van der Waals surface area contributed by atoms with Crippen molar-refractivity contribution >= 4 is 17.7 Å². The Hall–Kier alpha value is -1.55. The fraction of sp³-hybridized carbons (Fsp3) is 0.880. The lowest BCUT2D eigenvalue weighted by Crippen LogP contribution is -2.59. The van der Waals surface area contributed by atoms with Gasteiger partial charge in [-0.05, 0) is 39.8 Å². The molecule has 2 saturated heterocycles. The number of Topliss-reactive ketones (excluding diaryl/α,β-unsaturated/α-hetero) is 1. The molecular weight excluding hydrogens is 438 g/mol. The van der Waals surface area contributed by atoms with E-state index < -0.39 is 11.9 Å². The molecule has 196 valence electrons. The lowest BCUT2D eigenvalue weighted by atomic mass is 9.86. The molecule has 9 heteroatoms. The SMILES string of the molecule is CCCCCN(C)C1(COC(=O)C(C)C(=O)CCOC)CCN(C(=O)CN2CCOCC2)CC1. The molecular formula is C25H45N3O6. The van der Waals surface area contributed by atoms with E-state index in [2.05, 4.69) is 23.8 Å². The summed E-state index contributed by atoms with van der Waals surface area (Å²) in [5.41, 5.74) is -0.325. The molecule has 0 bridgehead atoms. The second-order valence-corrected chi connectivity index (χ2v) is 9.66. The van der Waals surface area contributed by atoms with Crippen molar-refractivity contribution in [3.8, 4) is 0 Å². The van der Waals surface area contributed by atoms with Crippen molar-refractivity contribution in [2.75, 3.05) is 79.9 Å². The number of piperidine rings is 1. The largest absolute Gasteiger partial charge is 0.463 e. The molecule has 0 N–H and O–H groups in total. The summed E-state index contributed by atoms with van der Waals surface area (Å²) in [7, 11) is 3.62. The summed E-state index contributed by atoms with van der Waals surface area (Å²) in [6, 6.07) is 0. The van der Waals surface area contributed by atoms with Crippen LogP contribution in [0.15, 0.2) is 0 Å². The predicted molar refractivity (Wildman–Crippen MR) is 130 cm³/mol. The zero-order valence-electron chi connectivity index (χ0n) is 21.7. The Morgan fingerprint density at radius 2 is 1.76 bits per heavy atom. The quantitative estimate of drug-likeness (QED) is 0.209. The number of ketones is 1. The van der Waals surface area contributed by atoms with E-state index in [1.165, 1.54) is 7.11 Å². The highest BCUT2D eigenvalue weighted by atomic mass is 16.5. The van der Waals surface area contributed by atoms with E-state index in [0.717, 1.165) is 51.7 Å². The number of likely N-dealkylation sites (N-methyl/N-ethyl adjacent to an activating group) is 1. The molecule has 2 aliphatic rings. The van der Waals surface area contributed by atoms with Gasteiger partial charge in [0.05, 0.1) is 31.9 Å². The number of hydrogen-bond acceptors (Lipinski definition) is 8. The van der Waals surface area contributed by atoms with Crippen LogP contribution in [0.2, 0.25) is 0 Å². The first-order valence-corrected chi connectivity index (χ1v) is 12.8. The standard InChI is InChI=1S/C25H45N3O6/c1-5-6-7-11-26(3)25(20-34-24(31)21(2)22(29)8-16-32-4)9-12-28(13-10-25)23(30)19-27-14-17-33-18-15-27/h21H,5-20H2,1-4H3. The highest BCUT2D eigenvalue weighted by molar-refractivity contribution is 5.98. The first-order chi connectivity index (χ1) is 16.3. The second kappa shape index (κ2) is 14.8. The Balaban J connectivity index is 1.96. The normalized spacial score (nSPS) is 19.7. The average Bonchev–Trinajstić information content (AvgIpc) is 2.86. The number of esters is 1. The molecule has 1 amide bonds. The molecule has 0 aromatic heterocycles. The number of nitrogens with zero attached hydrogens (tertiary/aromatic N) is 3. The Kier molecular flexibility index (Phi) is 12.5. The molecule has 0 aromatic rings. The van der Waals surface area contributed by atoms with Crippen molar-refractivity contribution in [3.05, 3.63) is 0 Å². The van der Waals surface area contributed by atoms with Gasteiger partial charge in [-0.3, -0.25) is 24.2 Å². The average molecular weight is 484 g/mol. The topological polar surface area (TPSA) is 88.6 Å². The van der Waals surface area contributed by atoms with Gasteiger partial charge in [0, 0.05) is 39.7 Å². The van der Waals surface area contributed by atoms with Crippen molar-refractivity contribution < 1.29 is 28.6 Å². The third kappa shape index (κ3) is 8.59. The summed E-state index contributed by atoms with van der Waals surface area (Å²) in [6.07, 6.45) is 5.05. The molecule has 9 nitrogen and oxygen atoms in total. The van der Waals surface area contributed by atoms with Gasteiger partial charge in [-0.1, -0.05) is 19.8 Å². The van der Waals surface area contributed by atoms with E-state index in [4.69, 9.17) is 14.2 Å². The molecule has 0 aliphatic carbocycles. The Bertz CT molecular complexity index is 645. The minimum absolute atomic E-state index is 0.151. The second-order valence-electron chi connectivity index (χ2n) is 9.66. The maximum atomic E-state index is 12.9. The third-order valence-electron chi connectivity index (χ3n) is 7.29. The summed E-state index contributed by atoms with van der Waals surface area (Å²) >= 11 is 0. The zero-order chi connectivity index (χ0) is 25.0. The van der Waals surface area contributed by atoms with Gasteiger partial charge in [0.1, 0.15) is 18.3 Å². The van der Waals surface area contributed by atoms with Crippen LogP contribution >= 0.6 is 0 Å². The van der Waals surface area contributed by atoms with Gasteiger partial charge in [-0.15, -0.1) is 0 Å². The predicted octanol–water partition coefficient (Wildman–Crippen LogP) is 1.59. The van der Waals surface area contributed by atoms with E-state index in [-0.39, 0.29) is 30.3 Å². The number of ether oxygens (including phenoxy) is 3. The molecule has 34 heavy (non-hydrogen) atoms. The molecule has 0 spiro atoms. The van der Waals surface area contributed by atoms with Crippen molar-refractivity contribution in [1.82, 2.24) is 14.7 Å². The summed E-state index contributed by atoms with van der Waals surface area (Å²) in [5.74, 6) is -1.29. The summed E-state index contributed by atoms with van der Waals surface area (Å²) in [6.45, 7) is 9.88. The number of amides is 1. The van der Waals surface area contributed by atoms with Crippen LogP contribution in [-0.4, -0.2) is 118 Å². The number of carbonyl (C=O) groups excluding carboxylic acids is 3. The lowest BCUT2D eigenvalue weighted by molar-refractivity contribution is -0.157. The van der Waals surface area contributed by atoms with Crippen LogP contribution < -0.4 is 0 Å². The highest BCUT2D eigenvalue weighted by Gasteiger charge is 2.41. The van der Waals surface area contributed by atoms with E-state index >= 15 is 0 Å². The molecule has 2 fully saturated rings. The van der Waals surface area contributed by atoms with Crippen molar-refractivity contribution in [3.63, 3.8) is 0 Å². The maximum absolute atomic E-state index is 12.9. The van der Waals surface area contributed by atoms with Crippen LogP contribution in [0, 0.1) is 5.92 Å². The molecule has 1 atom stereocenters. The van der Waals surface area contributed by atoms with E-state index in [9.17, 15) is 14.4 Å². The number of rotatable bonds is 14. The monoisotopic (exact) mass is 483 g/mol. The first-order valence-electron chi connectivity index (χ1n) is 12.8. The van der Waals surface area contributed by atoms with Gasteiger partial charge in [0.2, 0.25) is 5.91 Å². The van der Waals surface area contributed by atoms with Gasteiger partial charge in [-0.2, -0.15) is 0 Å². The summed E-state index contributed by atoms with van der Waals surface area (Å²) in [4.78, 5) is 44.1. The van der Waals surface area contributed by atoms with Gasteiger partial charge in [0.15, 0.2) is 0 Å². The van der Waals surface area contributed by atoms with Crippen molar-refractivity contribution in [2.24, 2.45) is 5.92 Å². The van der Waals surface area contributed by atoms with Crippen LogP contribution in [0.4, 0.5) is 0 Å². The Morgan fingerprint density at radius 3 is 2.38 bits per heavy atom. The van der Waals surface area contributed by atoms with Crippen molar-refractivity contribution in [2.45, 2.75) is 57.9 Å². The maximum Gasteiger partial charge on any atom is 0.316 e. The summed E-state index contributed by atoms with van der Waals surface area (Å²) < 4.78 is 16.0. The van der Waals surface area contributed by atoms with Gasteiger partial charge >= 0.3 is 5.97 Å². The van der Waals surface area contributed by atoms with E-state index in [0.29, 0.717) is 39.5 Å². The van der Waals surface area contributed by atoms with Gasteiger partial charge < -0.3 is 19.1 Å². The molecule has 2 rings (SSSR count). The minimum atomic E-state index is -0.798. The van der Waals surface area contributed by atoms with Crippen LogP contribution in [0.3, 0.4) is 0 Å². The number of likely N-dealkylation sites (tertiary alicyclic amines) is 1. The third-order valence-corrected chi connectivity index (χ3v) is 7.29. The molecule has 1 unspecified atom stereocenters. The molecule has 0 aromatic carbocycles.